The molecular weight excluding hydrogens is 454 g/mol. The van der Waals surface area contributed by atoms with Gasteiger partial charge in [-0.1, -0.05) is 40.2 Å². The normalized spacial score (nSPS) is 13.3. The minimum atomic E-state index is -0.164. The van der Waals surface area contributed by atoms with Gasteiger partial charge in [0, 0.05) is 35.2 Å². The molecule has 6 heteroatoms. The number of benzene rings is 2. The van der Waals surface area contributed by atoms with E-state index in [0.29, 0.717) is 23.4 Å². The fourth-order valence-electron chi connectivity index (χ4n) is 3.76. The first-order valence-corrected chi connectivity index (χ1v) is 11.2. The van der Waals surface area contributed by atoms with Crippen LogP contribution in [0.25, 0.3) is 11.3 Å². The Hall–Kier alpha value is -2.99. The summed E-state index contributed by atoms with van der Waals surface area (Å²) in [6, 6.07) is 19.0. The van der Waals surface area contributed by atoms with Crippen LogP contribution in [0.1, 0.15) is 44.8 Å². The molecule has 0 unspecified atom stereocenters. The van der Waals surface area contributed by atoms with Gasteiger partial charge in [0.2, 0.25) is 0 Å². The smallest absolute Gasteiger partial charge is 0.253 e. The Morgan fingerprint density at radius 1 is 1.03 bits per heavy atom. The van der Waals surface area contributed by atoms with Gasteiger partial charge in [-0.15, -0.1) is 0 Å². The first-order valence-electron chi connectivity index (χ1n) is 10.4. The summed E-state index contributed by atoms with van der Waals surface area (Å²) < 4.78 is 0.986. The van der Waals surface area contributed by atoms with Crippen molar-refractivity contribution in [2.24, 2.45) is 0 Å². The summed E-state index contributed by atoms with van der Waals surface area (Å²) >= 11 is 3.47. The first-order chi connectivity index (χ1) is 15.0. The van der Waals surface area contributed by atoms with E-state index in [1.807, 2.05) is 72.5 Å². The van der Waals surface area contributed by atoms with Crippen molar-refractivity contribution in [3.05, 3.63) is 87.5 Å². The Morgan fingerprint density at radius 3 is 2.45 bits per heavy atom. The molecule has 31 heavy (non-hydrogen) atoms. The van der Waals surface area contributed by atoms with Crippen molar-refractivity contribution in [3.8, 4) is 11.3 Å². The van der Waals surface area contributed by atoms with E-state index < -0.39 is 0 Å². The largest absolute Gasteiger partial charge is 0.348 e. The van der Waals surface area contributed by atoms with E-state index in [9.17, 15) is 9.59 Å². The molecule has 1 aliphatic rings. The summed E-state index contributed by atoms with van der Waals surface area (Å²) in [6.07, 6.45) is 2.15. The number of halogens is 1. The van der Waals surface area contributed by atoms with Gasteiger partial charge in [0.05, 0.1) is 17.0 Å². The van der Waals surface area contributed by atoms with E-state index in [1.165, 1.54) is 0 Å². The topological polar surface area (TPSA) is 62.3 Å². The van der Waals surface area contributed by atoms with Gasteiger partial charge in [0.15, 0.2) is 0 Å². The Kier molecular flexibility index (Phi) is 6.47. The minimum Gasteiger partial charge on any atom is -0.348 e. The number of rotatable bonds is 5. The molecule has 1 saturated heterocycles. The summed E-state index contributed by atoms with van der Waals surface area (Å²) in [4.78, 5) is 31.6. The maximum Gasteiger partial charge on any atom is 0.253 e. The molecule has 1 aliphatic heterocycles. The summed E-state index contributed by atoms with van der Waals surface area (Å²) in [6.45, 7) is 3.91. The van der Waals surface area contributed by atoms with Gasteiger partial charge in [-0.3, -0.25) is 14.6 Å². The lowest BCUT2D eigenvalue weighted by Gasteiger charge is -2.15. The van der Waals surface area contributed by atoms with E-state index in [2.05, 4.69) is 26.2 Å². The van der Waals surface area contributed by atoms with Crippen molar-refractivity contribution in [2.45, 2.75) is 26.3 Å². The molecule has 0 spiro atoms. The second-order valence-corrected chi connectivity index (χ2v) is 8.63. The molecule has 1 fully saturated rings. The highest BCUT2D eigenvalue weighted by Crippen LogP contribution is 2.22. The molecule has 0 aliphatic carbocycles. The molecule has 2 aromatic carbocycles. The molecule has 158 valence electrons. The van der Waals surface area contributed by atoms with Crippen LogP contribution in [-0.2, 0) is 6.54 Å². The van der Waals surface area contributed by atoms with Gasteiger partial charge in [-0.25, -0.2) is 0 Å². The first kappa shape index (κ1) is 21.2. The molecule has 1 N–H and O–H groups in total. The van der Waals surface area contributed by atoms with E-state index in [1.54, 1.807) is 0 Å². The number of amides is 2. The van der Waals surface area contributed by atoms with E-state index in [0.717, 1.165) is 47.2 Å². The van der Waals surface area contributed by atoms with Crippen molar-refractivity contribution in [2.75, 3.05) is 13.1 Å². The van der Waals surface area contributed by atoms with Gasteiger partial charge < -0.3 is 10.2 Å². The monoisotopic (exact) mass is 477 g/mol. The number of carbonyl (C=O) groups is 2. The van der Waals surface area contributed by atoms with Crippen molar-refractivity contribution < 1.29 is 9.59 Å². The lowest BCUT2D eigenvalue weighted by molar-refractivity contribution is 0.0792. The fourth-order valence-corrected chi connectivity index (χ4v) is 4.15. The van der Waals surface area contributed by atoms with Crippen LogP contribution in [0, 0.1) is 6.92 Å². The Labute approximate surface area is 190 Å². The molecule has 0 radical (unpaired) electrons. The van der Waals surface area contributed by atoms with Crippen molar-refractivity contribution >= 4 is 27.7 Å². The van der Waals surface area contributed by atoms with E-state index in [-0.39, 0.29) is 11.8 Å². The van der Waals surface area contributed by atoms with Gasteiger partial charge in [-0.05, 0) is 61.7 Å². The number of hydrogen-bond donors (Lipinski definition) is 1. The number of nitrogens with one attached hydrogen (secondary N) is 1. The zero-order valence-corrected chi connectivity index (χ0v) is 19.0. The van der Waals surface area contributed by atoms with Gasteiger partial charge in [0.25, 0.3) is 11.8 Å². The molecule has 2 heterocycles. The summed E-state index contributed by atoms with van der Waals surface area (Å²) in [5.41, 5.74) is 4.70. The molecule has 0 bridgehead atoms. The molecule has 0 atom stereocenters. The van der Waals surface area contributed by atoms with Crippen LogP contribution >= 0.6 is 15.9 Å². The number of likely N-dealkylation sites (tertiary alicyclic amines) is 1. The highest BCUT2D eigenvalue weighted by Gasteiger charge is 2.19. The quantitative estimate of drug-likeness (QED) is 0.563. The maximum absolute atomic E-state index is 12.7. The third kappa shape index (κ3) is 5.02. The predicted octanol–water partition coefficient (Wildman–Crippen LogP) is 4.99. The van der Waals surface area contributed by atoms with Crippen LogP contribution in [0.4, 0.5) is 0 Å². The average Bonchev–Trinajstić information content (AvgIpc) is 3.32. The molecule has 1 aromatic heterocycles. The van der Waals surface area contributed by atoms with Crippen LogP contribution in [0.5, 0.6) is 0 Å². The number of carbonyl (C=O) groups excluding carboxylic acids is 2. The van der Waals surface area contributed by atoms with Gasteiger partial charge in [0.1, 0.15) is 0 Å². The van der Waals surface area contributed by atoms with E-state index in [4.69, 9.17) is 0 Å². The van der Waals surface area contributed by atoms with Gasteiger partial charge >= 0.3 is 0 Å². The Bertz CT molecular complexity index is 1110. The second kappa shape index (κ2) is 9.43. The third-order valence-corrected chi connectivity index (χ3v) is 5.99. The third-order valence-electron chi connectivity index (χ3n) is 5.50. The predicted molar refractivity (Wildman–Crippen MR) is 125 cm³/mol. The number of pyridine rings is 1. The number of aromatic nitrogens is 1. The highest BCUT2D eigenvalue weighted by atomic mass is 79.9. The van der Waals surface area contributed by atoms with Crippen LogP contribution < -0.4 is 5.32 Å². The summed E-state index contributed by atoms with van der Waals surface area (Å²) in [7, 11) is 0. The zero-order chi connectivity index (χ0) is 21.8. The van der Waals surface area contributed by atoms with Crippen LogP contribution in [0.2, 0.25) is 0 Å². The molecular formula is C25H24BrN3O2. The Balaban J connectivity index is 1.39. The molecule has 3 aromatic rings. The van der Waals surface area contributed by atoms with Crippen LogP contribution in [0.3, 0.4) is 0 Å². The lowest BCUT2D eigenvalue weighted by Crippen LogP contribution is -2.27. The number of hydrogen-bond acceptors (Lipinski definition) is 3. The van der Waals surface area contributed by atoms with Crippen LogP contribution in [-0.4, -0.2) is 34.8 Å². The summed E-state index contributed by atoms with van der Waals surface area (Å²) in [5.74, 6) is -0.0802. The second-order valence-electron chi connectivity index (χ2n) is 7.72. The summed E-state index contributed by atoms with van der Waals surface area (Å²) in [5, 5.41) is 2.95. The standard InChI is InChI=1S/C25H24BrN3O2/c1-17-22(11-12-23(28-17)20-5-4-6-21(26)15-20)24(30)27-16-18-7-9-19(10-8-18)25(31)29-13-2-3-14-29/h4-12,15H,2-3,13-14,16H2,1H3,(H,27,30). The van der Waals surface area contributed by atoms with Crippen LogP contribution in [0.15, 0.2) is 65.1 Å². The Morgan fingerprint density at radius 2 is 1.77 bits per heavy atom. The fraction of sp³-hybridized carbons (Fsp3) is 0.240. The molecule has 4 rings (SSSR count). The van der Waals surface area contributed by atoms with Crippen molar-refractivity contribution in [3.63, 3.8) is 0 Å². The van der Waals surface area contributed by atoms with Gasteiger partial charge in [-0.2, -0.15) is 0 Å². The van der Waals surface area contributed by atoms with Crippen molar-refractivity contribution in [1.82, 2.24) is 15.2 Å². The lowest BCUT2D eigenvalue weighted by atomic mass is 10.1. The maximum atomic E-state index is 12.7. The van der Waals surface area contributed by atoms with Crippen molar-refractivity contribution in [1.29, 1.82) is 0 Å². The minimum absolute atomic E-state index is 0.0836. The number of aryl methyl sites for hydroxylation is 1. The zero-order valence-electron chi connectivity index (χ0n) is 17.4. The highest BCUT2D eigenvalue weighted by molar-refractivity contribution is 9.10. The molecule has 0 saturated carbocycles. The molecule has 2 amide bonds. The molecule has 5 nitrogen and oxygen atoms in total. The number of nitrogens with zero attached hydrogens (tertiary/aromatic N) is 2. The average molecular weight is 478 g/mol. The SMILES string of the molecule is Cc1nc(-c2cccc(Br)c2)ccc1C(=O)NCc1ccc(C(=O)N2CCCC2)cc1. The van der Waals surface area contributed by atoms with E-state index >= 15 is 0 Å².